The lowest BCUT2D eigenvalue weighted by Crippen LogP contribution is -2.53. The van der Waals surface area contributed by atoms with Gasteiger partial charge in [-0.05, 0) is 35.4 Å². The second kappa shape index (κ2) is 10.3. The van der Waals surface area contributed by atoms with Gasteiger partial charge in [-0.15, -0.1) is 0 Å². The molecule has 0 saturated heterocycles. The van der Waals surface area contributed by atoms with Crippen molar-refractivity contribution in [1.29, 1.82) is 0 Å². The number of halogens is 2. The second-order valence-electron chi connectivity index (χ2n) is 6.50. The molecule has 0 heterocycles. The lowest BCUT2D eigenvalue weighted by Gasteiger charge is -2.22. The molecule has 2 atom stereocenters. The smallest absolute Gasteiger partial charge is 0.328 e. The van der Waals surface area contributed by atoms with Crippen LogP contribution in [-0.4, -0.2) is 37.0 Å². The predicted octanol–water partition coefficient (Wildman–Crippen LogP) is 1.91. The molecule has 29 heavy (non-hydrogen) atoms. The highest BCUT2D eigenvalue weighted by atomic mass is 19.1. The van der Waals surface area contributed by atoms with E-state index in [1.54, 1.807) is 6.07 Å². The van der Waals surface area contributed by atoms with Crippen molar-refractivity contribution >= 4 is 17.8 Å². The Labute approximate surface area is 167 Å². The van der Waals surface area contributed by atoms with Crippen molar-refractivity contribution in [2.75, 3.05) is 7.11 Å². The number of ether oxygens (including phenoxy) is 1. The van der Waals surface area contributed by atoms with Gasteiger partial charge < -0.3 is 15.4 Å². The summed E-state index contributed by atoms with van der Waals surface area (Å²) in [7, 11) is 1.18. The summed E-state index contributed by atoms with van der Waals surface area (Å²) in [6.07, 6.45) is 0.110. The van der Waals surface area contributed by atoms with E-state index in [-0.39, 0.29) is 12.8 Å². The quantitative estimate of drug-likeness (QED) is 0.659. The standard InChI is InChI=1S/C21H22F2N2O4/c1-13(26)24-18(11-14-6-8-16(22)9-7-14)20(27)25-19(21(28)29-2)12-15-4-3-5-17(23)10-15/h3-10,18-19H,11-12H2,1-2H3,(H,24,26)(H,25,27)/t18-,19+/m0/s1. The van der Waals surface area contributed by atoms with Crippen LogP contribution in [0, 0.1) is 11.6 Å². The zero-order chi connectivity index (χ0) is 21.4. The minimum atomic E-state index is -1.07. The molecule has 2 rings (SSSR count). The predicted molar refractivity (Wildman–Crippen MR) is 102 cm³/mol. The zero-order valence-corrected chi connectivity index (χ0v) is 16.1. The van der Waals surface area contributed by atoms with Gasteiger partial charge in [0.05, 0.1) is 7.11 Å². The van der Waals surface area contributed by atoms with Crippen molar-refractivity contribution < 1.29 is 27.9 Å². The van der Waals surface area contributed by atoms with Crippen molar-refractivity contribution in [2.45, 2.75) is 31.8 Å². The molecule has 0 bridgehead atoms. The summed E-state index contributed by atoms with van der Waals surface area (Å²) < 4.78 is 31.3. The largest absolute Gasteiger partial charge is 0.467 e. The number of carbonyl (C=O) groups excluding carboxylic acids is 3. The third kappa shape index (κ3) is 6.99. The fourth-order valence-corrected chi connectivity index (χ4v) is 2.82. The molecule has 2 amide bonds. The first-order chi connectivity index (χ1) is 13.8. The van der Waals surface area contributed by atoms with Crippen LogP contribution in [0.2, 0.25) is 0 Å². The minimum absolute atomic E-state index is 0.0134. The Balaban J connectivity index is 2.16. The molecule has 2 aromatic carbocycles. The summed E-state index contributed by atoms with van der Waals surface area (Å²) in [4.78, 5) is 36.4. The van der Waals surface area contributed by atoms with Crippen LogP contribution in [0.4, 0.5) is 8.78 Å². The number of rotatable bonds is 8. The lowest BCUT2D eigenvalue weighted by atomic mass is 10.0. The molecule has 0 aromatic heterocycles. The van der Waals surface area contributed by atoms with Crippen LogP contribution >= 0.6 is 0 Å². The summed E-state index contributed by atoms with van der Waals surface area (Å²) >= 11 is 0. The van der Waals surface area contributed by atoms with Gasteiger partial charge in [-0.2, -0.15) is 0 Å². The Morgan fingerprint density at radius 1 is 0.897 bits per heavy atom. The van der Waals surface area contributed by atoms with Gasteiger partial charge in [0, 0.05) is 19.8 Å². The number of nitrogens with one attached hydrogen (secondary N) is 2. The molecule has 0 aliphatic heterocycles. The molecule has 0 saturated carbocycles. The maximum absolute atomic E-state index is 13.4. The molecular formula is C21H22F2N2O4. The van der Waals surface area contributed by atoms with Crippen LogP contribution in [0.1, 0.15) is 18.1 Å². The molecule has 0 fully saturated rings. The van der Waals surface area contributed by atoms with Gasteiger partial charge in [-0.1, -0.05) is 24.3 Å². The van der Waals surface area contributed by atoms with Crippen molar-refractivity contribution in [1.82, 2.24) is 10.6 Å². The normalized spacial score (nSPS) is 12.6. The van der Waals surface area contributed by atoms with Crippen molar-refractivity contribution in [2.24, 2.45) is 0 Å². The number of methoxy groups -OCH3 is 1. The molecule has 0 aliphatic carbocycles. The molecule has 8 heteroatoms. The molecular weight excluding hydrogens is 382 g/mol. The summed E-state index contributed by atoms with van der Waals surface area (Å²) in [6.45, 7) is 1.26. The van der Waals surface area contributed by atoms with Gasteiger partial charge in [0.1, 0.15) is 23.7 Å². The summed E-state index contributed by atoms with van der Waals surface area (Å²) in [6, 6.07) is 9.08. The Kier molecular flexibility index (Phi) is 7.82. The average Bonchev–Trinajstić information content (AvgIpc) is 2.67. The zero-order valence-electron chi connectivity index (χ0n) is 16.1. The van der Waals surface area contributed by atoms with Crippen LogP contribution in [0.5, 0.6) is 0 Å². The summed E-state index contributed by atoms with van der Waals surface area (Å²) in [5, 5.41) is 5.07. The van der Waals surface area contributed by atoms with Gasteiger partial charge in [-0.3, -0.25) is 9.59 Å². The van der Waals surface area contributed by atoms with Gasteiger partial charge >= 0.3 is 5.97 Å². The number of hydrogen-bond donors (Lipinski definition) is 2. The molecule has 154 valence electrons. The van der Waals surface area contributed by atoms with E-state index in [4.69, 9.17) is 4.74 Å². The Morgan fingerprint density at radius 3 is 2.14 bits per heavy atom. The number of esters is 1. The van der Waals surface area contributed by atoms with Gasteiger partial charge in [0.2, 0.25) is 11.8 Å². The Morgan fingerprint density at radius 2 is 1.55 bits per heavy atom. The van der Waals surface area contributed by atoms with Crippen molar-refractivity contribution in [3.63, 3.8) is 0 Å². The number of carbonyl (C=O) groups is 3. The van der Waals surface area contributed by atoms with Gasteiger partial charge in [0.15, 0.2) is 0 Å². The highest BCUT2D eigenvalue weighted by Gasteiger charge is 2.27. The molecule has 0 unspecified atom stereocenters. The van der Waals surface area contributed by atoms with E-state index >= 15 is 0 Å². The SMILES string of the molecule is COC(=O)[C@@H](Cc1cccc(F)c1)NC(=O)[C@H](Cc1ccc(F)cc1)NC(C)=O. The van der Waals surface area contributed by atoms with E-state index in [2.05, 4.69) is 10.6 Å². The van der Waals surface area contributed by atoms with Gasteiger partial charge in [-0.25, -0.2) is 13.6 Å². The second-order valence-corrected chi connectivity index (χ2v) is 6.50. The number of benzene rings is 2. The molecule has 2 N–H and O–H groups in total. The fourth-order valence-electron chi connectivity index (χ4n) is 2.82. The molecule has 0 radical (unpaired) electrons. The number of amides is 2. The van der Waals surface area contributed by atoms with Crippen LogP contribution in [-0.2, 0) is 32.0 Å². The maximum Gasteiger partial charge on any atom is 0.328 e. The fraction of sp³-hybridized carbons (Fsp3) is 0.286. The van der Waals surface area contributed by atoms with Crippen LogP contribution in [0.15, 0.2) is 48.5 Å². The monoisotopic (exact) mass is 404 g/mol. The van der Waals surface area contributed by atoms with Gasteiger partial charge in [0.25, 0.3) is 0 Å². The first kappa shape index (κ1) is 22.0. The lowest BCUT2D eigenvalue weighted by molar-refractivity contribution is -0.145. The third-order valence-electron chi connectivity index (χ3n) is 4.18. The third-order valence-corrected chi connectivity index (χ3v) is 4.18. The molecule has 6 nitrogen and oxygen atoms in total. The van der Waals surface area contributed by atoms with Crippen molar-refractivity contribution in [3.8, 4) is 0 Å². The topological polar surface area (TPSA) is 84.5 Å². The van der Waals surface area contributed by atoms with E-state index in [1.807, 2.05) is 0 Å². The molecule has 2 aromatic rings. The van der Waals surface area contributed by atoms with Crippen LogP contribution in [0.25, 0.3) is 0 Å². The highest BCUT2D eigenvalue weighted by Crippen LogP contribution is 2.10. The Hall–Kier alpha value is -3.29. The molecule has 0 spiro atoms. The Bertz CT molecular complexity index is 871. The van der Waals surface area contributed by atoms with E-state index in [0.717, 1.165) is 0 Å². The van der Waals surface area contributed by atoms with E-state index in [1.165, 1.54) is 56.5 Å². The minimum Gasteiger partial charge on any atom is -0.467 e. The summed E-state index contributed by atoms with van der Waals surface area (Å²) in [5.41, 5.74) is 1.12. The van der Waals surface area contributed by atoms with Crippen molar-refractivity contribution in [3.05, 3.63) is 71.3 Å². The molecule has 0 aliphatic rings. The maximum atomic E-state index is 13.4. The average molecular weight is 404 g/mol. The van der Waals surface area contributed by atoms with Crippen LogP contribution < -0.4 is 10.6 Å². The van der Waals surface area contributed by atoms with E-state index in [9.17, 15) is 23.2 Å². The van der Waals surface area contributed by atoms with Crippen LogP contribution in [0.3, 0.4) is 0 Å². The first-order valence-corrected chi connectivity index (χ1v) is 8.92. The highest BCUT2D eigenvalue weighted by molar-refractivity contribution is 5.90. The van der Waals surface area contributed by atoms with E-state index < -0.39 is 41.5 Å². The summed E-state index contributed by atoms with van der Waals surface area (Å²) in [5.74, 6) is -2.64. The number of hydrogen-bond acceptors (Lipinski definition) is 4. The first-order valence-electron chi connectivity index (χ1n) is 8.92. The van der Waals surface area contributed by atoms with E-state index in [0.29, 0.717) is 11.1 Å².